The minimum Gasteiger partial charge on any atom is -0.395 e. The molecular weight excluding hydrogens is 280 g/mol. The summed E-state index contributed by atoms with van der Waals surface area (Å²) in [5.41, 5.74) is 0.895. The highest BCUT2D eigenvalue weighted by Crippen LogP contribution is 2.13. The summed E-state index contributed by atoms with van der Waals surface area (Å²) in [5, 5.41) is 11.9. The van der Waals surface area contributed by atoms with E-state index in [1.807, 2.05) is 12.1 Å². The van der Waals surface area contributed by atoms with Gasteiger partial charge < -0.3 is 15.3 Å². The molecule has 0 saturated heterocycles. The molecule has 0 aliphatic rings. The molecule has 0 aromatic heterocycles. The van der Waals surface area contributed by atoms with Gasteiger partial charge in [-0.25, -0.2) is 0 Å². The third kappa shape index (κ3) is 4.83. The molecule has 0 aliphatic carbocycles. The van der Waals surface area contributed by atoms with Crippen molar-refractivity contribution >= 4 is 23.4 Å². The number of aliphatic hydroxyl groups excluding tert-OH is 1. The lowest BCUT2D eigenvalue weighted by atomic mass is 10.1. The van der Waals surface area contributed by atoms with E-state index in [2.05, 4.69) is 5.32 Å². The number of benzene rings is 1. The van der Waals surface area contributed by atoms with Crippen LogP contribution in [0.25, 0.3) is 0 Å². The maximum Gasteiger partial charge on any atom is 0.242 e. The fourth-order valence-electron chi connectivity index (χ4n) is 1.78. The van der Waals surface area contributed by atoms with E-state index in [0.29, 0.717) is 11.6 Å². The number of amides is 2. The minimum atomic E-state index is -0.602. The Balaban J connectivity index is 2.75. The molecule has 2 amide bonds. The van der Waals surface area contributed by atoms with Gasteiger partial charge in [0, 0.05) is 25.0 Å². The van der Waals surface area contributed by atoms with Gasteiger partial charge in [0.15, 0.2) is 0 Å². The number of rotatable bonds is 6. The lowest BCUT2D eigenvalue weighted by Crippen LogP contribution is -2.47. The lowest BCUT2D eigenvalue weighted by molar-refractivity contribution is -0.139. The number of halogens is 1. The van der Waals surface area contributed by atoms with Crippen LogP contribution in [0.4, 0.5) is 0 Å². The van der Waals surface area contributed by atoms with Gasteiger partial charge in [-0.1, -0.05) is 23.7 Å². The van der Waals surface area contributed by atoms with E-state index in [-0.39, 0.29) is 25.0 Å². The number of nitrogens with zero attached hydrogens (tertiary/aromatic N) is 1. The first-order valence-electron chi connectivity index (χ1n) is 6.36. The van der Waals surface area contributed by atoms with Crippen molar-refractivity contribution < 1.29 is 14.7 Å². The first-order chi connectivity index (χ1) is 9.45. The fourth-order valence-corrected chi connectivity index (χ4v) is 1.90. The number of aliphatic hydroxyl groups is 1. The number of hydrogen-bond donors (Lipinski definition) is 2. The van der Waals surface area contributed by atoms with Gasteiger partial charge in [-0.3, -0.25) is 9.59 Å². The Hall–Kier alpha value is -1.59. The lowest BCUT2D eigenvalue weighted by Gasteiger charge is -2.27. The summed E-state index contributed by atoms with van der Waals surface area (Å²) in [4.78, 5) is 25.0. The average Bonchev–Trinajstić information content (AvgIpc) is 2.43. The molecule has 0 spiro atoms. The molecule has 6 heteroatoms. The zero-order valence-electron chi connectivity index (χ0n) is 11.6. The second-order valence-corrected chi connectivity index (χ2v) is 4.90. The van der Waals surface area contributed by atoms with Crippen LogP contribution in [-0.2, 0) is 16.1 Å². The first-order valence-corrected chi connectivity index (χ1v) is 6.73. The molecule has 0 unspecified atom stereocenters. The van der Waals surface area contributed by atoms with E-state index in [9.17, 15) is 9.59 Å². The first kappa shape index (κ1) is 16.5. The summed E-state index contributed by atoms with van der Waals surface area (Å²) in [6.45, 7) is 3.46. The summed E-state index contributed by atoms with van der Waals surface area (Å²) in [7, 11) is 0. The van der Waals surface area contributed by atoms with Crippen LogP contribution < -0.4 is 5.32 Å². The largest absolute Gasteiger partial charge is 0.395 e. The topological polar surface area (TPSA) is 69.6 Å². The highest BCUT2D eigenvalue weighted by Gasteiger charge is 2.23. The Kier molecular flexibility index (Phi) is 6.48. The van der Waals surface area contributed by atoms with Crippen LogP contribution in [0.5, 0.6) is 0 Å². The monoisotopic (exact) mass is 298 g/mol. The molecular formula is C14H19ClN2O3. The summed E-state index contributed by atoms with van der Waals surface area (Å²) < 4.78 is 0. The smallest absolute Gasteiger partial charge is 0.242 e. The average molecular weight is 299 g/mol. The van der Waals surface area contributed by atoms with E-state index >= 15 is 0 Å². The van der Waals surface area contributed by atoms with Gasteiger partial charge in [0.2, 0.25) is 11.8 Å². The molecule has 0 fully saturated rings. The van der Waals surface area contributed by atoms with Crippen LogP contribution in [0.1, 0.15) is 19.4 Å². The van der Waals surface area contributed by atoms with Gasteiger partial charge in [-0.05, 0) is 24.6 Å². The zero-order chi connectivity index (χ0) is 15.1. The minimum absolute atomic E-state index is 0.129. The van der Waals surface area contributed by atoms with Crippen LogP contribution in [-0.4, -0.2) is 41.0 Å². The van der Waals surface area contributed by atoms with Crippen molar-refractivity contribution in [2.75, 3.05) is 13.2 Å². The predicted octanol–water partition coefficient (Wildman–Crippen LogP) is 1.19. The maximum atomic E-state index is 11.9. The molecule has 2 N–H and O–H groups in total. The zero-order valence-corrected chi connectivity index (χ0v) is 12.4. The molecule has 1 aromatic rings. The van der Waals surface area contributed by atoms with Crippen LogP contribution in [0, 0.1) is 0 Å². The molecule has 5 nitrogen and oxygen atoms in total. The summed E-state index contributed by atoms with van der Waals surface area (Å²) in [6, 6.07) is 6.51. The molecule has 20 heavy (non-hydrogen) atoms. The van der Waals surface area contributed by atoms with E-state index in [0.717, 1.165) is 5.56 Å². The number of carbonyl (C=O) groups is 2. The van der Waals surface area contributed by atoms with Crippen LogP contribution in [0.3, 0.4) is 0 Å². The highest BCUT2D eigenvalue weighted by atomic mass is 35.5. The molecule has 0 saturated carbocycles. The van der Waals surface area contributed by atoms with Gasteiger partial charge >= 0.3 is 0 Å². The van der Waals surface area contributed by atoms with E-state index in [1.54, 1.807) is 19.1 Å². The van der Waals surface area contributed by atoms with Gasteiger partial charge in [0.05, 0.1) is 6.61 Å². The number of carbonyl (C=O) groups excluding carboxylic acids is 2. The Labute approximate surface area is 123 Å². The van der Waals surface area contributed by atoms with Crippen molar-refractivity contribution in [3.63, 3.8) is 0 Å². The maximum absolute atomic E-state index is 11.9. The standard InChI is InChI=1S/C14H19ClN2O3/c1-10(14(20)16-7-8-18)17(11(2)19)9-12-3-5-13(15)6-4-12/h3-6,10,18H,7-9H2,1-2H3,(H,16,20)/t10-/m0/s1. The predicted molar refractivity (Wildman–Crippen MR) is 77.2 cm³/mol. The Morgan fingerprint density at radius 1 is 1.35 bits per heavy atom. The van der Waals surface area contributed by atoms with E-state index in [4.69, 9.17) is 16.7 Å². The van der Waals surface area contributed by atoms with Crippen molar-refractivity contribution in [3.8, 4) is 0 Å². The van der Waals surface area contributed by atoms with Gasteiger partial charge in [0.1, 0.15) is 6.04 Å². The van der Waals surface area contributed by atoms with Crippen LogP contribution in [0.15, 0.2) is 24.3 Å². The molecule has 1 rings (SSSR count). The normalized spacial score (nSPS) is 11.8. The molecule has 0 bridgehead atoms. The molecule has 110 valence electrons. The molecule has 1 aromatic carbocycles. The number of nitrogens with one attached hydrogen (secondary N) is 1. The van der Waals surface area contributed by atoms with Gasteiger partial charge in [0.25, 0.3) is 0 Å². The highest BCUT2D eigenvalue weighted by molar-refractivity contribution is 6.30. The second-order valence-electron chi connectivity index (χ2n) is 4.46. The van der Waals surface area contributed by atoms with Crippen molar-refractivity contribution in [2.24, 2.45) is 0 Å². The third-order valence-electron chi connectivity index (χ3n) is 2.93. The third-order valence-corrected chi connectivity index (χ3v) is 3.18. The SMILES string of the molecule is CC(=O)N(Cc1ccc(Cl)cc1)[C@@H](C)C(=O)NCCO. The van der Waals surface area contributed by atoms with Crippen molar-refractivity contribution in [1.29, 1.82) is 0 Å². The van der Waals surface area contributed by atoms with Crippen molar-refractivity contribution in [2.45, 2.75) is 26.4 Å². The van der Waals surface area contributed by atoms with E-state index < -0.39 is 6.04 Å². The van der Waals surface area contributed by atoms with Crippen molar-refractivity contribution in [1.82, 2.24) is 10.2 Å². The Bertz CT molecular complexity index is 462. The Morgan fingerprint density at radius 2 is 1.95 bits per heavy atom. The molecule has 0 radical (unpaired) electrons. The summed E-state index contributed by atoms with van der Waals surface area (Å²) in [5.74, 6) is -0.477. The summed E-state index contributed by atoms with van der Waals surface area (Å²) in [6.07, 6.45) is 0. The number of hydrogen-bond acceptors (Lipinski definition) is 3. The Morgan fingerprint density at radius 3 is 2.45 bits per heavy atom. The molecule has 0 heterocycles. The van der Waals surface area contributed by atoms with Gasteiger partial charge in [-0.15, -0.1) is 0 Å². The van der Waals surface area contributed by atoms with Crippen LogP contribution in [0.2, 0.25) is 5.02 Å². The van der Waals surface area contributed by atoms with Gasteiger partial charge in [-0.2, -0.15) is 0 Å². The fraction of sp³-hybridized carbons (Fsp3) is 0.429. The summed E-state index contributed by atoms with van der Waals surface area (Å²) >= 11 is 5.81. The van der Waals surface area contributed by atoms with Crippen molar-refractivity contribution in [3.05, 3.63) is 34.9 Å². The quantitative estimate of drug-likeness (QED) is 0.829. The van der Waals surface area contributed by atoms with E-state index in [1.165, 1.54) is 11.8 Å². The second kappa shape index (κ2) is 7.87. The van der Waals surface area contributed by atoms with Crippen LogP contribution >= 0.6 is 11.6 Å². The molecule has 0 aliphatic heterocycles. The molecule has 1 atom stereocenters.